The number of fused-ring (bicyclic) bond motifs is 4. The molecule has 0 fully saturated rings. The van der Waals surface area contributed by atoms with Crippen molar-refractivity contribution in [3.63, 3.8) is 0 Å². The predicted molar refractivity (Wildman–Crippen MR) is 149 cm³/mol. The third-order valence-electron chi connectivity index (χ3n) is 7.98. The van der Waals surface area contributed by atoms with Crippen LogP contribution in [0.15, 0.2) is 78.5 Å². The highest BCUT2D eigenvalue weighted by Crippen LogP contribution is 2.49. The highest BCUT2D eigenvalue weighted by molar-refractivity contribution is 6.07. The van der Waals surface area contributed by atoms with E-state index < -0.39 is 0 Å². The molecule has 5 rings (SSSR count). The monoisotopic (exact) mass is 480 g/mol. The van der Waals surface area contributed by atoms with Crippen molar-refractivity contribution in [3.8, 4) is 0 Å². The van der Waals surface area contributed by atoms with Crippen LogP contribution in [0.25, 0.3) is 10.8 Å². The van der Waals surface area contributed by atoms with E-state index in [0.717, 1.165) is 30.0 Å². The summed E-state index contributed by atoms with van der Waals surface area (Å²) in [5.74, 6) is 0. The molecule has 0 bridgehead atoms. The molecule has 3 aromatic carbocycles. The van der Waals surface area contributed by atoms with Gasteiger partial charge in [0.15, 0.2) is 5.71 Å². The summed E-state index contributed by atoms with van der Waals surface area (Å²) in [7, 11) is 0. The van der Waals surface area contributed by atoms with Crippen molar-refractivity contribution in [1.82, 2.24) is 0 Å². The van der Waals surface area contributed by atoms with Crippen LogP contribution in [0.4, 0.5) is 17.1 Å². The minimum Gasteiger partial charge on any atom is -0.344 e. The van der Waals surface area contributed by atoms with E-state index in [-0.39, 0.29) is 21.4 Å². The zero-order valence-electron chi connectivity index (χ0n) is 22.0. The van der Waals surface area contributed by atoms with E-state index in [1.807, 2.05) is 6.07 Å². The molecule has 5 heteroatoms. The number of hydrogen-bond acceptors (Lipinski definition) is 3. The largest absolute Gasteiger partial charge is 0.344 e. The van der Waals surface area contributed by atoms with Crippen molar-refractivity contribution in [1.29, 1.82) is 0 Å². The van der Waals surface area contributed by atoms with Crippen LogP contribution in [0.5, 0.6) is 0 Å². The standard InChI is InChI=1S/C31H34N3O2/c1-7-32-25-19-17-22(34(35)36)20-24(25)30(3,4)27(32)14-11-15-28-31(5,6)29-23-13-10-9-12-21(23)16-18-26(29)33(28)8-2/h9-20H,7-8H2,1-6H3/q+1. The summed E-state index contributed by atoms with van der Waals surface area (Å²) in [6.07, 6.45) is 6.60. The summed E-state index contributed by atoms with van der Waals surface area (Å²) in [6.45, 7) is 15.0. The Morgan fingerprint density at radius 3 is 2.44 bits per heavy atom. The van der Waals surface area contributed by atoms with Crippen LogP contribution in [0, 0.1) is 10.1 Å². The Kier molecular flexibility index (Phi) is 5.62. The summed E-state index contributed by atoms with van der Waals surface area (Å²) >= 11 is 0. The Hall–Kier alpha value is -3.73. The van der Waals surface area contributed by atoms with Crippen LogP contribution in [0.3, 0.4) is 0 Å². The average Bonchev–Trinajstić information content (AvgIpc) is 3.22. The van der Waals surface area contributed by atoms with Gasteiger partial charge in [-0.05, 0) is 62.2 Å². The molecule has 0 radical (unpaired) electrons. The maximum Gasteiger partial charge on any atom is 0.269 e. The number of non-ortho nitro benzene ring substituents is 1. The fourth-order valence-electron chi connectivity index (χ4n) is 6.22. The second kappa shape index (κ2) is 8.44. The first-order valence-corrected chi connectivity index (χ1v) is 12.7. The van der Waals surface area contributed by atoms with E-state index in [1.54, 1.807) is 12.1 Å². The van der Waals surface area contributed by atoms with E-state index in [9.17, 15) is 10.1 Å². The quantitative estimate of drug-likeness (QED) is 0.217. The van der Waals surface area contributed by atoms with Crippen molar-refractivity contribution in [2.75, 3.05) is 18.0 Å². The molecule has 0 saturated carbocycles. The van der Waals surface area contributed by atoms with E-state index in [4.69, 9.17) is 0 Å². The van der Waals surface area contributed by atoms with Gasteiger partial charge in [0.2, 0.25) is 5.69 Å². The Bertz CT molecular complexity index is 1490. The molecule has 2 heterocycles. The Morgan fingerprint density at radius 1 is 1.00 bits per heavy atom. The summed E-state index contributed by atoms with van der Waals surface area (Å²) in [6, 6.07) is 18.3. The Labute approximate surface area is 213 Å². The van der Waals surface area contributed by atoms with Crippen molar-refractivity contribution in [2.24, 2.45) is 0 Å². The van der Waals surface area contributed by atoms with Gasteiger partial charge < -0.3 is 4.90 Å². The van der Waals surface area contributed by atoms with Gasteiger partial charge in [0.1, 0.15) is 6.54 Å². The van der Waals surface area contributed by atoms with Crippen LogP contribution in [0.2, 0.25) is 0 Å². The van der Waals surface area contributed by atoms with Gasteiger partial charge >= 0.3 is 0 Å². The van der Waals surface area contributed by atoms with Gasteiger partial charge in [0.25, 0.3) is 5.69 Å². The number of nitrogens with zero attached hydrogens (tertiary/aromatic N) is 3. The number of anilines is 1. The molecule has 0 aliphatic carbocycles. The number of nitro benzene ring substituents is 1. The molecule has 0 atom stereocenters. The normalized spacial score (nSPS) is 18.9. The van der Waals surface area contributed by atoms with Gasteiger partial charge in [0, 0.05) is 53.2 Å². The van der Waals surface area contributed by atoms with E-state index in [1.165, 1.54) is 27.7 Å². The van der Waals surface area contributed by atoms with E-state index >= 15 is 0 Å². The summed E-state index contributed by atoms with van der Waals surface area (Å²) in [5, 5.41) is 14.0. The fraction of sp³-hybridized carbons (Fsp3) is 0.323. The van der Waals surface area contributed by atoms with Gasteiger partial charge in [-0.3, -0.25) is 10.1 Å². The van der Waals surface area contributed by atoms with Gasteiger partial charge in [-0.1, -0.05) is 44.2 Å². The summed E-state index contributed by atoms with van der Waals surface area (Å²) in [4.78, 5) is 13.4. The molecule has 0 saturated heterocycles. The van der Waals surface area contributed by atoms with Crippen molar-refractivity contribution < 1.29 is 9.50 Å². The highest BCUT2D eigenvalue weighted by Gasteiger charge is 2.45. The van der Waals surface area contributed by atoms with Gasteiger partial charge in [-0.2, -0.15) is 4.58 Å². The van der Waals surface area contributed by atoms with Crippen LogP contribution >= 0.6 is 0 Å². The van der Waals surface area contributed by atoms with Crippen molar-refractivity contribution >= 4 is 33.5 Å². The molecule has 36 heavy (non-hydrogen) atoms. The molecule has 184 valence electrons. The molecule has 0 aromatic heterocycles. The maximum absolute atomic E-state index is 11.4. The van der Waals surface area contributed by atoms with E-state index in [0.29, 0.717) is 0 Å². The minimum atomic E-state index is -0.332. The first kappa shape index (κ1) is 24.0. The van der Waals surface area contributed by atoms with Crippen molar-refractivity contribution in [3.05, 3.63) is 99.8 Å². The number of nitro groups is 1. The summed E-state index contributed by atoms with van der Waals surface area (Å²) in [5.41, 5.74) is 6.81. The lowest BCUT2D eigenvalue weighted by atomic mass is 9.79. The second-order valence-electron chi connectivity index (χ2n) is 10.7. The van der Waals surface area contributed by atoms with Gasteiger partial charge in [0.05, 0.1) is 10.3 Å². The van der Waals surface area contributed by atoms with Crippen LogP contribution in [0.1, 0.15) is 52.7 Å². The molecule has 3 aromatic rings. The number of likely N-dealkylation sites (N-methyl/N-ethyl adjacent to an activating group) is 1. The Morgan fingerprint density at radius 2 is 1.75 bits per heavy atom. The van der Waals surface area contributed by atoms with Gasteiger partial charge in [-0.15, -0.1) is 0 Å². The molecule has 0 spiro atoms. The summed E-state index contributed by atoms with van der Waals surface area (Å²) < 4.78 is 2.42. The molecule has 2 aliphatic heterocycles. The SMILES string of the molecule is CCN1/C(=C\C=C\C2=[N+](CC)c3ccc4ccccc4c3C2(C)C)C(C)(C)c2cc([N+](=O)[O-])ccc21. The number of allylic oxidation sites excluding steroid dienone is 4. The third kappa shape index (κ3) is 3.41. The number of benzene rings is 3. The number of rotatable bonds is 5. The average molecular weight is 481 g/mol. The van der Waals surface area contributed by atoms with Crippen LogP contribution in [-0.2, 0) is 10.8 Å². The smallest absolute Gasteiger partial charge is 0.269 e. The first-order valence-electron chi connectivity index (χ1n) is 12.7. The van der Waals surface area contributed by atoms with Crippen LogP contribution < -0.4 is 4.90 Å². The van der Waals surface area contributed by atoms with Crippen molar-refractivity contribution in [2.45, 2.75) is 52.4 Å². The lowest BCUT2D eigenvalue weighted by molar-refractivity contribution is -0.433. The molecule has 0 unspecified atom stereocenters. The molecular weight excluding hydrogens is 446 g/mol. The minimum absolute atomic E-state index is 0.138. The zero-order valence-corrected chi connectivity index (χ0v) is 22.0. The topological polar surface area (TPSA) is 49.4 Å². The molecule has 5 nitrogen and oxygen atoms in total. The molecule has 0 amide bonds. The molecule has 0 N–H and O–H groups in total. The first-order chi connectivity index (χ1) is 17.1. The Balaban J connectivity index is 1.57. The highest BCUT2D eigenvalue weighted by atomic mass is 16.6. The second-order valence-corrected chi connectivity index (χ2v) is 10.7. The maximum atomic E-state index is 11.4. The number of hydrogen-bond donors (Lipinski definition) is 0. The van der Waals surface area contributed by atoms with Crippen LogP contribution in [-0.4, -0.2) is 28.3 Å². The lowest BCUT2D eigenvalue weighted by Crippen LogP contribution is -2.28. The zero-order chi connectivity index (χ0) is 25.8. The predicted octanol–water partition coefficient (Wildman–Crippen LogP) is 7.40. The lowest BCUT2D eigenvalue weighted by Gasteiger charge is -2.25. The molecular formula is C31H34N3O2+. The molecule has 2 aliphatic rings. The fourth-order valence-corrected chi connectivity index (χ4v) is 6.22. The van der Waals surface area contributed by atoms with E-state index in [2.05, 4.69) is 106 Å². The third-order valence-corrected chi connectivity index (χ3v) is 7.98. The van der Waals surface area contributed by atoms with Gasteiger partial charge in [-0.25, -0.2) is 0 Å².